The molecule has 0 aliphatic carbocycles. The third-order valence-electron chi connectivity index (χ3n) is 3.48. The van der Waals surface area contributed by atoms with Gasteiger partial charge >= 0.3 is 0 Å². The largest absolute Gasteiger partial charge is 0.316 e. The van der Waals surface area contributed by atoms with Crippen molar-refractivity contribution in [3.05, 3.63) is 70.2 Å². The Kier molecular flexibility index (Phi) is 5.71. The Morgan fingerprint density at radius 2 is 1.86 bits per heavy atom. The number of benzene rings is 2. The van der Waals surface area contributed by atoms with Crippen molar-refractivity contribution >= 4 is 11.6 Å². The normalized spacial score (nSPS) is 12.4. The van der Waals surface area contributed by atoms with Gasteiger partial charge in [-0.3, -0.25) is 0 Å². The molecule has 2 aromatic carbocycles. The molecule has 2 aromatic rings. The SMILES string of the molecule is CCNCC(Cc1cccc(Cl)c1F)c1ccccc1F. The summed E-state index contributed by atoms with van der Waals surface area (Å²) < 4.78 is 28.1. The van der Waals surface area contributed by atoms with E-state index in [0.29, 0.717) is 24.1 Å². The average Bonchev–Trinajstić information content (AvgIpc) is 2.48. The molecule has 1 nitrogen and oxygen atoms in total. The molecule has 0 aliphatic rings. The number of nitrogens with one attached hydrogen (secondary N) is 1. The van der Waals surface area contributed by atoms with E-state index < -0.39 is 5.82 Å². The molecule has 2 rings (SSSR count). The molecule has 0 saturated heterocycles. The predicted molar refractivity (Wildman–Crippen MR) is 82.8 cm³/mol. The Bertz CT molecular complexity index is 601. The van der Waals surface area contributed by atoms with Gasteiger partial charge in [-0.1, -0.05) is 48.9 Å². The van der Waals surface area contributed by atoms with E-state index in [1.807, 2.05) is 6.92 Å². The summed E-state index contributed by atoms with van der Waals surface area (Å²) >= 11 is 5.81. The van der Waals surface area contributed by atoms with Crippen molar-refractivity contribution in [3.63, 3.8) is 0 Å². The van der Waals surface area contributed by atoms with Gasteiger partial charge in [0.2, 0.25) is 0 Å². The topological polar surface area (TPSA) is 12.0 Å². The number of hydrogen-bond donors (Lipinski definition) is 1. The summed E-state index contributed by atoms with van der Waals surface area (Å²) in [7, 11) is 0. The van der Waals surface area contributed by atoms with Crippen LogP contribution in [0.2, 0.25) is 5.02 Å². The summed E-state index contributed by atoms with van der Waals surface area (Å²) in [6, 6.07) is 11.6. The van der Waals surface area contributed by atoms with Crippen LogP contribution in [0.15, 0.2) is 42.5 Å². The maximum absolute atomic E-state index is 14.1. The monoisotopic (exact) mass is 309 g/mol. The van der Waals surface area contributed by atoms with Crippen LogP contribution in [0.1, 0.15) is 24.0 Å². The van der Waals surface area contributed by atoms with Crippen LogP contribution < -0.4 is 5.32 Å². The van der Waals surface area contributed by atoms with Crippen LogP contribution in [-0.2, 0) is 6.42 Å². The van der Waals surface area contributed by atoms with E-state index in [1.165, 1.54) is 12.1 Å². The molecular formula is C17H18ClF2N. The van der Waals surface area contributed by atoms with Crippen LogP contribution in [0.4, 0.5) is 8.78 Å². The lowest BCUT2D eigenvalue weighted by Crippen LogP contribution is -2.23. The van der Waals surface area contributed by atoms with Gasteiger partial charge in [-0.2, -0.15) is 0 Å². The van der Waals surface area contributed by atoms with E-state index in [0.717, 1.165) is 6.54 Å². The smallest absolute Gasteiger partial charge is 0.144 e. The summed E-state index contributed by atoms with van der Waals surface area (Å²) in [5.74, 6) is -0.820. The van der Waals surface area contributed by atoms with Gasteiger partial charge in [0.15, 0.2) is 0 Å². The number of rotatable bonds is 6. The van der Waals surface area contributed by atoms with Gasteiger partial charge in [-0.05, 0) is 36.2 Å². The fourth-order valence-electron chi connectivity index (χ4n) is 2.39. The van der Waals surface area contributed by atoms with Gasteiger partial charge in [0.1, 0.15) is 11.6 Å². The molecular weight excluding hydrogens is 292 g/mol. The van der Waals surface area contributed by atoms with E-state index in [9.17, 15) is 8.78 Å². The summed E-state index contributed by atoms with van der Waals surface area (Å²) in [5.41, 5.74) is 1.10. The molecule has 0 aromatic heterocycles. The highest BCUT2D eigenvalue weighted by Crippen LogP contribution is 2.26. The summed E-state index contributed by atoms with van der Waals surface area (Å²) in [6.45, 7) is 3.35. The molecule has 0 spiro atoms. The molecule has 0 heterocycles. The Balaban J connectivity index is 2.28. The summed E-state index contributed by atoms with van der Waals surface area (Å²) in [5, 5.41) is 3.31. The first-order valence-electron chi connectivity index (χ1n) is 7.01. The second-order valence-corrected chi connectivity index (χ2v) is 5.35. The maximum atomic E-state index is 14.1. The Morgan fingerprint density at radius 3 is 2.57 bits per heavy atom. The number of hydrogen-bond acceptors (Lipinski definition) is 1. The van der Waals surface area contributed by atoms with Crippen LogP contribution in [0.5, 0.6) is 0 Å². The highest BCUT2D eigenvalue weighted by atomic mass is 35.5. The van der Waals surface area contributed by atoms with Crippen molar-refractivity contribution in [2.45, 2.75) is 19.3 Å². The standard InChI is InChI=1S/C17H18ClF2N/c1-2-21-11-13(14-7-3-4-9-16(14)19)10-12-6-5-8-15(18)17(12)20/h3-9,13,21H,2,10-11H2,1H3. The molecule has 21 heavy (non-hydrogen) atoms. The molecule has 0 aliphatic heterocycles. The van der Waals surface area contributed by atoms with E-state index in [2.05, 4.69) is 5.32 Å². The van der Waals surface area contributed by atoms with Crippen molar-refractivity contribution in [1.29, 1.82) is 0 Å². The number of halogens is 3. The van der Waals surface area contributed by atoms with Gasteiger partial charge in [-0.25, -0.2) is 8.78 Å². The van der Waals surface area contributed by atoms with Gasteiger partial charge in [0.25, 0.3) is 0 Å². The van der Waals surface area contributed by atoms with Crippen LogP contribution in [0.25, 0.3) is 0 Å². The molecule has 0 fully saturated rings. The van der Waals surface area contributed by atoms with Crippen LogP contribution in [0, 0.1) is 11.6 Å². The van der Waals surface area contributed by atoms with Crippen molar-refractivity contribution in [2.75, 3.05) is 13.1 Å². The second-order valence-electron chi connectivity index (χ2n) is 4.94. The van der Waals surface area contributed by atoms with Gasteiger partial charge < -0.3 is 5.32 Å². The van der Waals surface area contributed by atoms with Crippen LogP contribution in [0.3, 0.4) is 0 Å². The molecule has 112 valence electrons. The Morgan fingerprint density at radius 1 is 1.10 bits per heavy atom. The number of likely N-dealkylation sites (N-methyl/N-ethyl adjacent to an activating group) is 1. The zero-order valence-corrected chi connectivity index (χ0v) is 12.6. The first-order valence-corrected chi connectivity index (χ1v) is 7.39. The Labute approximate surface area is 128 Å². The molecule has 1 unspecified atom stereocenters. The molecule has 0 saturated carbocycles. The fourth-order valence-corrected chi connectivity index (χ4v) is 2.58. The quantitative estimate of drug-likeness (QED) is 0.825. The molecule has 0 radical (unpaired) electrons. The van der Waals surface area contributed by atoms with Gasteiger partial charge in [0, 0.05) is 12.5 Å². The lowest BCUT2D eigenvalue weighted by Gasteiger charge is -2.19. The lowest BCUT2D eigenvalue weighted by molar-refractivity contribution is 0.531. The zero-order chi connectivity index (χ0) is 15.2. The second kappa shape index (κ2) is 7.53. The summed E-state index contributed by atoms with van der Waals surface area (Å²) in [6.07, 6.45) is 0.403. The Hall–Kier alpha value is -1.45. The molecule has 4 heteroatoms. The molecule has 0 bridgehead atoms. The third kappa shape index (κ3) is 4.02. The maximum Gasteiger partial charge on any atom is 0.144 e. The third-order valence-corrected chi connectivity index (χ3v) is 3.78. The predicted octanol–water partition coefficient (Wildman–Crippen LogP) is 4.55. The first kappa shape index (κ1) is 15.9. The fraction of sp³-hybridized carbons (Fsp3) is 0.294. The minimum Gasteiger partial charge on any atom is -0.316 e. The minimum atomic E-state index is -0.419. The molecule has 1 N–H and O–H groups in total. The lowest BCUT2D eigenvalue weighted by atomic mass is 9.91. The zero-order valence-electron chi connectivity index (χ0n) is 11.9. The van der Waals surface area contributed by atoms with E-state index in [-0.39, 0.29) is 16.8 Å². The first-order chi connectivity index (χ1) is 10.1. The van der Waals surface area contributed by atoms with Gasteiger partial charge in [0.05, 0.1) is 5.02 Å². The minimum absolute atomic E-state index is 0.100. The summed E-state index contributed by atoms with van der Waals surface area (Å²) in [4.78, 5) is 0. The van der Waals surface area contributed by atoms with Crippen molar-refractivity contribution < 1.29 is 8.78 Å². The van der Waals surface area contributed by atoms with Crippen molar-refractivity contribution in [2.24, 2.45) is 0 Å². The highest BCUT2D eigenvalue weighted by Gasteiger charge is 2.18. The average molecular weight is 310 g/mol. The van der Waals surface area contributed by atoms with E-state index in [4.69, 9.17) is 11.6 Å². The highest BCUT2D eigenvalue weighted by molar-refractivity contribution is 6.30. The van der Waals surface area contributed by atoms with Crippen molar-refractivity contribution in [1.82, 2.24) is 5.32 Å². The van der Waals surface area contributed by atoms with Gasteiger partial charge in [-0.15, -0.1) is 0 Å². The molecule has 0 amide bonds. The van der Waals surface area contributed by atoms with Crippen LogP contribution in [-0.4, -0.2) is 13.1 Å². The van der Waals surface area contributed by atoms with Crippen LogP contribution >= 0.6 is 11.6 Å². The van der Waals surface area contributed by atoms with E-state index >= 15 is 0 Å². The molecule has 1 atom stereocenters. The van der Waals surface area contributed by atoms with Crippen molar-refractivity contribution in [3.8, 4) is 0 Å². The van der Waals surface area contributed by atoms with E-state index in [1.54, 1.807) is 30.3 Å².